The monoisotopic (exact) mass is 431 g/mol. The molecule has 1 saturated carbocycles. The molecule has 3 heterocycles. The van der Waals surface area contributed by atoms with Crippen LogP contribution < -0.4 is 5.73 Å². The molecule has 2 aromatic heterocycles. The van der Waals surface area contributed by atoms with Gasteiger partial charge in [-0.15, -0.1) is 0 Å². The Labute approximate surface area is 186 Å². The van der Waals surface area contributed by atoms with E-state index in [4.69, 9.17) is 10.7 Å². The minimum atomic E-state index is -0.492. The van der Waals surface area contributed by atoms with E-state index >= 15 is 0 Å². The van der Waals surface area contributed by atoms with Crippen molar-refractivity contribution < 1.29 is 9.48 Å². The molecule has 1 aliphatic carbocycles. The van der Waals surface area contributed by atoms with Crippen LogP contribution >= 0.6 is 0 Å². The van der Waals surface area contributed by atoms with E-state index in [1.807, 2.05) is 35.5 Å². The number of primary amides is 1. The van der Waals surface area contributed by atoms with Crippen LogP contribution in [0.15, 0.2) is 23.3 Å². The van der Waals surface area contributed by atoms with Gasteiger partial charge in [-0.25, -0.2) is 4.98 Å². The van der Waals surface area contributed by atoms with Crippen molar-refractivity contribution in [1.29, 1.82) is 0 Å². The van der Waals surface area contributed by atoms with E-state index < -0.39 is 5.91 Å². The smallest absolute Gasteiger partial charge is 0.248 e. The molecule has 9 heteroatoms. The molecule has 1 aromatic carbocycles. The Kier molecular flexibility index (Phi) is 5.16. The van der Waals surface area contributed by atoms with Gasteiger partial charge in [-0.05, 0) is 43.9 Å². The van der Waals surface area contributed by atoms with Crippen LogP contribution in [-0.4, -0.2) is 48.0 Å². The zero-order valence-electron chi connectivity index (χ0n) is 18.4. The normalized spacial score (nSPS) is 17.2. The fourth-order valence-corrected chi connectivity index (χ4v) is 4.55. The highest BCUT2D eigenvalue weighted by molar-refractivity contribution is 6.01. The summed E-state index contributed by atoms with van der Waals surface area (Å²) in [6.07, 6.45) is 10.1. The number of benzene rings is 1. The third-order valence-corrected chi connectivity index (χ3v) is 6.17. The van der Waals surface area contributed by atoms with E-state index in [1.165, 1.54) is 32.1 Å². The van der Waals surface area contributed by atoms with Gasteiger partial charge in [-0.2, -0.15) is 10.2 Å². The van der Waals surface area contributed by atoms with Gasteiger partial charge in [0.2, 0.25) is 11.6 Å². The number of aromatic nitrogens is 5. The molecule has 0 unspecified atom stereocenters. The number of hydrogen-bond donors (Lipinski definition) is 2. The number of nitrogens with zero attached hydrogens (tertiary/aromatic N) is 6. The zero-order chi connectivity index (χ0) is 22.2. The molecule has 1 fully saturated rings. The number of amides is 1. The number of nitrogens with one attached hydrogen (secondary N) is 1. The summed E-state index contributed by atoms with van der Waals surface area (Å²) in [6.45, 7) is 4.71. The lowest BCUT2D eigenvalue weighted by atomic mass is 9.90. The first-order chi connectivity index (χ1) is 15.5. The van der Waals surface area contributed by atoms with Gasteiger partial charge in [-0.1, -0.05) is 23.9 Å². The van der Waals surface area contributed by atoms with Crippen LogP contribution in [-0.2, 0) is 6.54 Å². The van der Waals surface area contributed by atoms with Crippen molar-refractivity contribution in [2.45, 2.75) is 52.5 Å². The summed E-state index contributed by atoms with van der Waals surface area (Å²) < 4.78 is 3.76. The number of rotatable bonds is 5. The molecule has 3 N–H and O–H groups in total. The second-order valence-corrected chi connectivity index (χ2v) is 8.45. The van der Waals surface area contributed by atoms with E-state index in [0.717, 1.165) is 34.7 Å². The van der Waals surface area contributed by atoms with Crippen molar-refractivity contribution in [1.82, 2.24) is 25.0 Å². The van der Waals surface area contributed by atoms with Crippen molar-refractivity contribution in [3.63, 3.8) is 0 Å². The largest absolute Gasteiger partial charge is 0.366 e. The predicted molar refractivity (Wildman–Crippen MR) is 122 cm³/mol. The highest BCUT2D eigenvalue weighted by Gasteiger charge is 2.30. The van der Waals surface area contributed by atoms with Crippen molar-refractivity contribution >= 4 is 24.0 Å². The summed E-state index contributed by atoms with van der Waals surface area (Å²) in [4.78, 5) is 16.8. The summed E-state index contributed by atoms with van der Waals surface area (Å²) in [7, 11) is 0. The van der Waals surface area contributed by atoms with Crippen molar-refractivity contribution in [2.75, 3.05) is 0 Å². The van der Waals surface area contributed by atoms with Crippen molar-refractivity contribution in [2.24, 2.45) is 16.8 Å². The van der Waals surface area contributed by atoms with Crippen molar-refractivity contribution in [3.8, 4) is 22.9 Å². The van der Waals surface area contributed by atoms with Crippen LogP contribution in [0.25, 0.3) is 22.9 Å². The fraction of sp³-hybridized carbons (Fsp3) is 0.391. The predicted octanol–water partition coefficient (Wildman–Crippen LogP) is 3.41. The molecule has 0 saturated heterocycles. The Morgan fingerprint density at radius 1 is 1.28 bits per heavy atom. The van der Waals surface area contributed by atoms with E-state index in [0.29, 0.717) is 23.1 Å². The van der Waals surface area contributed by atoms with Gasteiger partial charge in [-0.3, -0.25) is 14.6 Å². The minimum Gasteiger partial charge on any atom is -0.366 e. The molecular formula is C23H27N8O+. The first-order valence-electron chi connectivity index (χ1n) is 11.2. The van der Waals surface area contributed by atoms with Gasteiger partial charge in [0, 0.05) is 29.7 Å². The number of aromatic amines is 1. The van der Waals surface area contributed by atoms with E-state index in [1.54, 1.807) is 12.1 Å². The Balaban J connectivity index is 1.58. The van der Waals surface area contributed by atoms with Gasteiger partial charge >= 0.3 is 0 Å². The van der Waals surface area contributed by atoms with E-state index in [9.17, 15) is 4.79 Å². The lowest BCUT2D eigenvalue weighted by Gasteiger charge is -2.14. The fourth-order valence-electron chi connectivity index (χ4n) is 4.55. The Hall–Kier alpha value is -3.62. The number of aryl methyl sites for hydroxylation is 2. The maximum atomic E-state index is 12.1. The molecule has 3 aromatic rings. The molecular weight excluding hydrogens is 404 g/mol. The average molecular weight is 432 g/mol. The van der Waals surface area contributed by atoms with Crippen LogP contribution in [0.1, 0.15) is 60.6 Å². The molecule has 1 aliphatic heterocycles. The topological polar surface area (TPSA) is 118 Å². The number of nitrogens with two attached hydrogens (primary N) is 1. The molecule has 0 radical (unpaired) electrons. The summed E-state index contributed by atoms with van der Waals surface area (Å²) in [5.41, 5.74) is 10.3. The molecule has 5 rings (SSSR count). The van der Waals surface area contributed by atoms with Crippen LogP contribution in [0.5, 0.6) is 0 Å². The summed E-state index contributed by atoms with van der Waals surface area (Å²) in [6, 6.07) is 5.52. The van der Waals surface area contributed by atoms with Crippen LogP contribution in [0.4, 0.5) is 5.69 Å². The number of carbonyl (C=O) groups is 1. The van der Waals surface area contributed by atoms with Crippen LogP contribution in [0.3, 0.4) is 0 Å². The number of fused-ring (bicyclic) bond motifs is 1. The first-order valence-corrected chi connectivity index (χ1v) is 11.2. The number of H-pyrrole nitrogens is 1. The highest BCUT2D eigenvalue weighted by Crippen LogP contribution is 2.34. The third-order valence-electron chi connectivity index (χ3n) is 6.17. The molecule has 2 aliphatic rings. The van der Waals surface area contributed by atoms with Crippen molar-refractivity contribution in [3.05, 3.63) is 35.0 Å². The van der Waals surface area contributed by atoms with Gasteiger partial charge in [0.1, 0.15) is 11.9 Å². The molecule has 0 bridgehead atoms. The highest BCUT2D eigenvalue weighted by atomic mass is 16.1. The van der Waals surface area contributed by atoms with Gasteiger partial charge in [0.15, 0.2) is 17.9 Å². The maximum absolute atomic E-state index is 12.1. The lowest BCUT2D eigenvalue weighted by molar-refractivity contribution is -0.438. The number of carbonyl (C=O) groups excluding carboxylic acids is 1. The Morgan fingerprint density at radius 3 is 2.84 bits per heavy atom. The Bertz CT molecular complexity index is 1240. The maximum Gasteiger partial charge on any atom is 0.248 e. The quantitative estimate of drug-likeness (QED) is 0.602. The Morgan fingerprint density at radius 2 is 2.09 bits per heavy atom. The van der Waals surface area contributed by atoms with E-state index in [-0.39, 0.29) is 0 Å². The SMILES string of the molecule is CCn1nc(C)cc1-c1nc(-c2cc(C(N)=O)cc3c2C=N/[N+]3=C\C2CCCCC2)n[nH]1. The number of hydrogen-bond acceptors (Lipinski definition) is 5. The summed E-state index contributed by atoms with van der Waals surface area (Å²) in [5, 5.41) is 16.6. The average Bonchev–Trinajstić information content (AvgIpc) is 3.52. The van der Waals surface area contributed by atoms with Gasteiger partial charge < -0.3 is 5.73 Å². The second kappa shape index (κ2) is 8.14. The third kappa shape index (κ3) is 3.63. The zero-order valence-corrected chi connectivity index (χ0v) is 18.4. The lowest BCUT2D eigenvalue weighted by Crippen LogP contribution is -2.14. The standard InChI is InChI=1S/C23H26N8O/c1-3-30-20(9-14(2)29-30)23-26-22(27-28-23)17-10-16(21(24)32)11-19-18(17)12-25-31(19)13-15-7-5-4-6-8-15/h9-13,15H,3-8H2,1-2H3,(H2-,24,25,26,27,28,29,32)/p+1/b31-13-. The van der Waals surface area contributed by atoms with Gasteiger partial charge in [0.05, 0.1) is 11.3 Å². The molecule has 9 nitrogen and oxygen atoms in total. The number of hydrazone groups is 1. The summed E-state index contributed by atoms with van der Waals surface area (Å²) in [5.74, 6) is 1.11. The van der Waals surface area contributed by atoms with Crippen LogP contribution in [0.2, 0.25) is 0 Å². The molecule has 0 atom stereocenters. The summed E-state index contributed by atoms with van der Waals surface area (Å²) >= 11 is 0. The van der Waals surface area contributed by atoms with E-state index in [2.05, 4.69) is 26.6 Å². The molecule has 0 spiro atoms. The second-order valence-electron chi connectivity index (χ2n) is 8.45. The first kappa shape index (κ1) is 20.3. The molecule has 164 valence electrons. The van der Waals surface area contributed by atoms with Crippen LogP contribution in [0, 0.1) is 12.8 Å². The van der Waals surface area contributed by atoms with Gasteiger partial charge in [0.25, 0.3) is 0 Å². The minimum absolute atomic E-state index is 0.409. The molecule has 1 amide bonds. The molecule has 32 heavy (non-hydrogen) atoms.